The van der Waals surface area contributed by atoms with Gasteiger partial charge >= 0.3 is 0 Å². The first-order valence-corrected chi connectivity index (χ1v) is 6.19. The number of hydrogen-bond acceptors (Lipinski definition) is 3. The highest BCUT2D eigenvalue weighted by atomic mass is 16.3. The summed E-state index contributed by atoms with van der Waals surface area (Å²) >= 11 is 0. The Morgan fingerprint density at radius 1 is 0.947 bits per heavy atom. The van der Waals surface area contributed by atoms with Crippen molar-refractivity contribution in [2.75, 3.05) is 5.32 Å². The highest BCUT2D eigenvalue weighted by Gasteiger charge is 2.03. The van der Waals surface area contributed by atoms with Crippen molar-refractivity contribution < 1.29 is 5.11 Å². The number of para-hydroxylation sites is 1. The van der Waals surface area contributed by atoms with Crippen molar-refractivity contribution in [3.05, 3.63) is 66.4 Å². The normalized spacial score (nSPS) is 10.5. The lowest BCUT2D eigenvalue weighted by atomic mass is 10.1. The van der Waals surface area contributed by atoms with Crippen LogP contribution in [0, 0.1) is 0 Å². The molecule has 0 aliphatic heterocycles. The lowest BCUT2D eigenvalue weighted by molar-refractivity contribution is 0.469. The van der Waals surface area contributed by atoms with Gasteiger partial charge in [0.2, 0.25) is 0 Å². The van der Waals surface area contributed by atoms with Crippen LogP contribution >= 0.6 is 0 Å². The fourth-order valence-corrected chi connectivity index (χ4v) is 2.10. The zero-order valence-corrected chi connectivity index (χ0v) is 10.4. The van der Waals surface area contributed by atoms with E-state index in [1.54, 1.807) is 12.3 Å². The fourth-order valence-electron chi connectivity index (χ4n) is 2.10. The summed E-state index contributed by atoms with van der Waals surface area (Å²) in [6, 6.07) is 17.4. The van der Waals surface area contributed by atoms with Crippen LogP contribution in [0.5, 0.6) is 5.75 Å². The molecular weight excluding hydrogens is 236 g/mol. The Morgan fingerprint density at radius 3 is 2.63 bits per heavy atom. The molecule has 3 heteroatoms. The Hall–Kier alpha value is -2.55. The van der Waals surface area contributed by atoms with Gasteiger partial charge < -0.3 is 10.4 Å². The zero-order valence-electron chi connectivity index (χ0n) is 10.4. The monoisotopic (exact) mass is 250 g/mol. The summed E-state index contributed by atoms with van der Waals surface area (Å²) in [6.07, 6.45) is 1.79. The van der Waals surface area contributed by atoms with Crippen molar-refractivity contribution in [2.24, 2.45) is 0 Å². The first-order valence-electron chi connectivity index (χ1n) is 6.19. The van der Waals surface area contributed by atoms with E-state index in [0.29, 0.717) is 12.3 Å². The lowest BCUT2D eigenvalue weighted by Gasteiger charge is -2.09. The van der Waals surface area contributed by atoms with E-state index in [0.717, 1.165) is 22.2 Å². The van der Waals surface area contributed by atoms with E-state index in [-0.39, 0.29) is 0 Å². The Bertz CT molecular complexity index is 704. The molecule has 1 heterocycles. The molecule has 0 atom stereocenters. The number of pyridine rings is 1. The molecular formula is C16H14N2O. The molecule has 19 heavy (non-hydrogen) atoms. The second kappa shape index (κ2) is 4.98. The summed E-state index contributed by atoms with van der Waals surface area (Å²) < 4.78 is 0. The molecule has 0 aliphatic carbocycles. The number of hydrogen-bond donors (Lipinski definition) is 2. The van der Waals surface area contributed by atoms with Gasteiger partial charge in [0.1, 0.15) is 11.6 Å². The van der Waals surface area contributed by atoms with Crippen molar-refractivity contribution in [1.29, 1.82) is 0 Å². The average molecular weight is 250 g/mol. The minimum Gasteiger partial charge on any atom is -0.508 e. The van der Waals surface area contributed by atoms with Crippen LogP contribution in [0.15, 0.2) is 60.8 Å². The van der Waals surface area contributed by atoms with Crippen LogP contribution in [-0.2, 0) is 6.54 Å². The molecule has 0 amide bonds. The van der Waals surface area contributed by atoms with Crippen LogP contribution < -0.4 is 5.32 Å². The second-order valence-electron chi connectivity index (χ2n) is 4.36. The number of benzene rings is 2. The van der Waals surface area contributed by atoms with Gasteiger partial charge in [-0.05, 0) is 17.5 Å². The molecule has 0 unspecified atom stereocenters. The smallest absolute Gasteiger partial charge is 0.134 e. The van der Waals surface area contributed by atoms with Crippen LogP contribution in [0.25, 0.3) is 10.8 Å². The number of anilines is 1. The molecule has 0 aliphatic rings. The number of aromatic hydroxyl groups is 1. The molecule has 1 aromatic heterocycles. The minimum absolute atomic E-state index is 0.301. The van der Waals surface area contributed by atoms with E-state index in [9.17, 15) is 5.11 Å². The summed E-state index contributed by atoms with van der Waals surface area (Å²) in [5.74, 6) is 1.14. The van der Waals surface area contributed by atoms with Crippen molar-refractivity contribution in [1.82, 2.24) is 4.98 Å². The molecule has 0 spiro atoms. The highest BCUT2D eigenvalue weighted by molar-refractivity contribution is 5.91. The summed E-state index contributed by atoms with van der Waals surface area (Å²) in [5, 5.41) is 15.2. The maximum Gasteiger partial charge on any atom is 0.134 e. The lowest BCUT2D eigenvalue weighted by Crippen LogP contribution is -2.01. The number of nitrogens with zero attached hydrogens (tertiary/aromatic N) is 1. The summed E-state index contributed by atoms with van der Waals surface area (Å²) in [5.41, 5.74) is 0.859. The molecule has 0 saturated heterocycles. The van der Waals surface area contributed by atoms with Crippen LogP contribution in [0.1, 0.15) is 5.56 Å². The van der Waals surface area contributed by atoms with E-state index >= 15 is 0 Å². The van der Waals surface area contributed by atoms with Crippen molar-refractivity contribution >= 4 is 16.6 Å². The van der Waals surface area contributed by atoms with Gasteiger partial charge in [0.25, 0.3) is 0 Å². The Labute approximate surface area is 111 Å². The Kier molecular flexibility index (Phi) is 3.02. The fraction of sp³-hybridized carbons (Fsp3) is 0.0625. The Balaban J connectivity index is 1.88. The van der Waals surface area contributed by atoms with Gasteiger partial charge in [0, 0.05) is 23.7 Å². The molecule has 3 aromatic rings. The molecule has 0 radical (unpaired) electrons. The summed E-state index contributed by atoms with van der Waals surface area (Å²) in [7, 11) is 0. The van der Waals surface area contributed by atoms with E-state index < -0.39 is 0 Å². The van der Waals surface area contributed by atoms with Gasteiger partial charge in [-0.3, -0.25) is 0 Å². The van der Waals surface area contributed by atoms with Crippen molar-refractivity contribution in [2.45, 2.75) is 6.54 Å². The molecule has 94 valence electrons. The van der Waals surface area contributed by atoms with Crippen LogP contribution in [0.2, 0.25) is 0 Å². The largest absolute Gasteiger partial charge is 0.508 e. The number of rotatable bonds is 3. The molecule has 0 bridgehead atoms. The van der Waals surface area contributed by atoms with Crippen molar-refractivity contribution in [3.63, 3.8) is 0 Å². The molecule has 2 aromatic carbocycles. The standard InChI is InChI=1S/C16H14N2O/c19-15-8-4-2-6-13(15)11-18-16-14-7-3-1-5-12(14)9-10-17-16/h1-10,19H,11H2,(H,17,18). The van der Waals surface area contributed by atoms with E-state index in [1.165, 1.54) is 0 Å². The SMILES string of the molecule is Oc1ccccc1CNc1nccc2ccccc12. The second-order valence-corrected chi connectivity index (χ2v) is 4.36. The first kappa shape index (κ1) is 11.5. The molecule has 2 N–H and O–H groups in total. The summed E-state index contributed by atoms with van der Waals surface area (Å²) in [6.45, 7) is 0.549. The van der Waals surface area contributed by atoms with Gasteiger partial charge in [-0.25, -0.2) is 4.98 Å². The van der Waals surface area contributed by atoms with Gasteiger partial charge in [-0.1, -0.05) is 42.5 Å². The van der Waals surface area contributed by atoms with Crippen LogP contribution in [0.3, 0.4) is 0 Å². The topological polar surface area (TPSA) is 45.1 Å². The van der Waals surface area contributed by atoms with Gasteiger partial charge in [-0.2, -0.15) is 0 Å². The molecule has 0 saturated carbocycles. The van der Waals surface area contributed by atoms with E-state index in [4.69, 9.17) is 0 Å². The third-order valence-electron chi connectivity index (χ3n) is 3.11. The molecule has 3 nitrogen and oxygen atoms in total. The zero-order chi connectivity index (χ0) is 13.1. The molecule has 3 rings (SSSR count). The van der Waals surface area contributed by atoms with Gasteiger partial charge in [0.15, 0.2) is 0 Å². The minimum atomic E-state index is 0.301. The predicted molar refractivity (Wildman–Crippen MR) is 77.2 cm³/mol. The van der Waals surface area contributed by atoms with E-state index in [2.05, 4.69) is 16.4 Å². The maximum absolute atomic E-state index is 9.74. The van der Waals surface area contributed by atoms with Crippen LogP contribution in [0.4, 0.5) is 5.82 Å². The Morgan fingerprint density at radius 2 is 1.74 bits per heavy atom. The first-order chi connectivity index (χ1) is 9.34. The van der Waals surface area contributed by atoms with Gasteiger partial charge in [-0.15, -0.1) is 0 Å². The van der Waals surface area contributed by atoms with Gasteiger partial charge in [0.05, 0.1) is 0 Å². The number of aromatic nitrogens is 1. The average Bonchev–Trinajstić information content (AvgIpc) is 2.46. The third kappa shape index (κ3) is 2.36. The number of phenolic OH excluding ortho intramolecular Hbond substituents is 1. The number of nitrogens with one attached hydrogen (secondary N) is 1. The quantitative estimate of drug-likeness (QED) is 0.747. The number of fused-ring (bicyclic) bond motifs is 1. The van der Waals surface area contributed by atoms with Crippen molar-refractivity contribution in [3.8, 4) is 5.75 Å². The van der Waals surface area contributed by atoms with Crippen LogP contribution in [-0.4, -0.2) is 10.1 Å². The number of phenols is 1. The predicted octanol–water partition coefficient (Wildman–Crippen LogP) is 3.55. The summed E-state index contributed by atoms with van der Waals surface area (Å²) in [4.78, 5) is 4.36. The maximum atomic E-state index is 9.74. The third-order valence-corrected chi connectivity index (χ3v) is 3.11. The highest BCUT2D eigenvalue weighted by Crippen LogP contribution is 2.22. The van der Waals surface area contributed by atoms with E-state index in [1.807, 2.05) is 42.5 Å². The molecule has 0 fully saturated rings.